The lowest BCUT2D eigenvalue weighted by atomic mass is 9.97. The van der Waals surface area contributed by atoms with Crippen molar-refractivity contribution in [2.45, 2.75) is 71.5 Å². The minimum atomic E-state index is 0.111. The highest BCUT2D eigenvalue weighted by Crippen LogP contribution is 2.16. The maximum absolute atomic E-state index is 6.41. The molecule has 0 aliphatic rings. The molecule has 0 spiro atoms. The zero-order valence-electron chi connectivity index (χ0n) is 16.4. The molecule has 0 saturated heterocycles. The first-order valence-corrected chi connectivity index (χ1v) is 9.53. The van der Waals surface area contributed by atoms with E-state index in [2.05, 4.69) is 88.5 Å². The molecule has 0 aliphatic carbocycles. The lowest BCUT2D eigenvalue weighted by Crippen LogP contribution is -2.44. The molecule has 2 nitrogen and oxygen atoms in total. The first-order valence-electron chi connectivity index (χ1n) is 9.53. The average molecular weight is 339 g/mol. The molecule has 0 aliphatic heterocycles. The van der Waals surface area contributed by atoms with Crippen LogP contribution in [0.3, 0.4) is 0 Å². The van der Waals surface area contributed by atoms with E-state index in [0.717, 1.165) is 13.0 Å². The smallest absolute Gasteiger partial charge is 0.0232 e. The highest BCUT2D eigenvalue weighted by molar-refractivity contribution is 5.26. The minimum Gasteiger partial charge on any atom is -0.326 e. The molecule has 2 atom stereocenters. The Kier molecular flexibility index (Phi) is 7.22. The Hall–Kier alpha value is -1.64. The van der Waals surface area contributed by atoms with E-state index in [0.29, 0.717) is 11.8 Å². The SMILES string of the molecule is CC(C)c1ccc(CNC(C)C(N)Cc2ccc(C(C)C)cc2)cc1. The van der Waals surface area contributed by atoms with Crippen LogP contribution in [-0.2, 0) is 13.0 Å². The predicted octanol–water partition coefficient (Wildman–Crippen LogP) is 4.98. The first kappa shape index (κ1) is 19.7. The minimum absolute atomic E-state index is 0.111. The monoisotopic (exact) mass is 338 g/mol. The largest absolute Gasteiger partial charge is 0.326 e. The van der Waals surface area contributed by atoms with Crippen LogP contribution in [0, 0.1) is 0 Å². The van der Waals surface area contributed by atoms with Crippen molar-refractivity contribution in [1.82, 2.24) is 5.32 Å². The van der Waals surface area contributed by atoms with E-state index < -0.39 is 0 Å². The third-order valence-electron chi connectivity index (χ3n) is 5.03. The van der Waals surface area contributed by atoms with E-state index in [1.54, 1.807) is 0 Å². The third kappa shape index (κ3) is 5.98. The molecule has 0 fully saturated rings. The first-order chi connectivity index (χ1) is 11.9. The van der Waals surface area contributed by atoms with Crippen LogP contribution in [0.25, 0.3) is 0 Å². The van der Waals surface area contributed by atoms with Gasteiger partial charge in [0.25, 0.3) is 0 Å². The van der Waals surface area contributed by atoms with Crippen LogP contribution in [0.15, 0.2) is 48.5 Å². The Morgan fingerprint density at radius 3 is 1.60 bits per heavy atom. The van der Waals surface area contributed by atoms with E-state index in [1.807, 2.05) is 0 Å². The molecule has 2 aromatic carbocycles. The topological polar surface area (TPSA) is 38.0 Å². The molecule has 2 heteroatoms. The average Bonchev–Trinajstić information content (AvgIpc) is 2.60. The van der Waals surface area contributed by atoms with Crippen molar-refractivity contribution in [3.8, 4) is 0 Å². The van der Waals surface area contributed by atoms with Gasteiger partial charge in [-0.15, -0.1) is 0 Å². The van der Waals surface area contributed by atoms with Crippen LogP contribution in [0.2, 0.25) is 0 Å². The second-order valence-corrected chi connectivity index (χ2v) is 7.83. The summed E-state index contributed by atoms with van der Waals surface area (Å²) in [5, 5.41) is 3.57. The van der Waals surface area contributed by atoms with Crippen LogP contribution in [0.4, 0.5) is 0 Å². The molecule has 0 radical (unpaired) electrons. The maximum atomic E-state index is 6.41. The van der Waals surface area contributed by atoms with E-state index in [1.165, 1.54) is 22.3 Å². The second kappa shape index (κ2) is 9.17. The van der Waals surface area contributed by atoms with Gasteiger partial charge in [0.1, 0.15) is 0 Å². The summed E-state index contributed by atoms with van der Waals surface area (Å²) in [4.78, 5) is 0. The van der Waals surface area contributed by atoms with Gasteiger partial charge in [-0.25, -0.2) is 0 Å². The molecule has 2 aromatic rings. The molecule has 0 amide bonds. The molecule has 2 unspecified atom stereocenters. The maximum Gasteiger partial charge on any atom is 0.0232 e. The number of rotatable bonds is 8. The molecule has 0 saturated carbocycles. The van der Waals surface area contributed by atoms with Crippen molar-refractivity contribution in [3.05, 3.63) is 70.8 Å². The summed E-state index contributed by atoms with van der Waals surface area (Å²) >= 11 is 0. The Morgan fingerprint density at radius 2 is 1.16 bits per heavy atom. The van der Waals surface area contributed by atoms with E-state index in [9.17, 15) is 0 Å². The quantitative estimate of drug-likeness (QED) is 0.712. The lowest BCUT2D eigenvalue weighted by Gasteiger charge is -2.22. The van der Waals surface area contributed by atoms with Gasteiger partial charge in [0, 0.05) is 18.6 Å². The van der Waals surface area contributed by atoms with Crippen LogP contribution in [0.5, 0.6) is 0 Å². The summed E-state index contributed by atoms with van der Waals surface area (Å²) < 4.78 is 0. The number of nitrogens with one attached hydrogen (secondary N) is 1. The van der Waals surface area contributed by atoms with Gasteiger partial charge < -0.3 is 11.1 Å². The van der Waals surface area contributed by atoms with Crippen LogP contribution >= 0.6 is 0 Å². The Morgan fingerprint density at radius 1 is 0.720 bits per heavy atom. The van der Waals surface area contributed by atoms with Gasteiger partial charge in [0.15, 0.2) is 0 Å². The van der Waals surface area contributed by atoms with Crippen molar-refractivity contribution < 1.29 is 0 Å². The van der Waals surface area contributed by atoms with Gasteiger partial charge >= 0.3 is 0 Å². The predicted molar refractivity (Wildman–Crippen MR) is 109 cm³/mol. The fraction of sp³-hybridized carbons (Fsp3) is 0.478. The fourth-order valence-corrected chi connectivity index (χ4v) is 2.94. The second-order valence-electron chi connectivity index (χ2n) is 7.83. The van der Waals surface area contributed by atoms with Crippen molar-refractivity contribution in [2.24, 2.45) is 5.73 Å². The molecule has 0 bridgehead atoms. The van der Waals surface area contributed by atoms with Crippen LogP contribution < -0.4 is 11.1 Å². The van der Waals surface area contributed by atoms with Crippen molar-refractivity contribution >= 4 is 0 Å². The van der Waals surface area contributed by atoms with Crippen LogP contribution in [0.1, 0.15) is 68.7 Å². The fourth-order valence-electron chi connectivity index (χ4n) is 2.94. The molecule has 2 rings (SSSR count). The highest BCUT2D eigenvalue weighted by atomic mass is 14.9. The summed E-state index contributed by atoms with van der Waals surface area (Å²) in [6.45, 7) is 11.9. The van der Waals surface area contributed by atoms with Crippen molar-refractivity contribution in [1.29, 1.82) is 0 Å². The zero-order chi connectivity index (χ0) is 18.4. The van der Waals surface area contributed by atoms with Gasteiger partial charge in [-0.2, -0.15) is 0 Å². The lowest BCUT2D eigenvalue weighted by molar-refractivity contribution is 0.453. The number of hydrogen-bond donors (Lipinski definition) is 2. The number of benzene rings is 2. The van der Waals surface area contributed by atoms with Crippen molar-refractivity contribution in [2.75, 3.05) is 0 Å². The van der Waals surface area contributed by atoms with Gasteiger partial charge in [-0.05, 0) is 47.4 Å². The molecule has 25 heavy (non-hydrogen) atoms. The van der Waals surface area contributed by atoms with Gasteiger partial charge in [-0.3, -0.25) is 0 Å². The molecular formula is C23H34N2. The molecule has 3 N–H and O–H groups in total. The van der Waals surface area contributed by atoms with Gasteiger partial charge in [0.2, 0.25) is 0 Å². The Balaban J connectivity index is 1.84. The number of nitrogens with two attached hydrogens (primary N) is 1. The van der Waals surface area contributed by atoms with Crippen LogP contribution in [-0.4, -0.2) is 12.1 Å². The van der Waals surface area contributed by atoms with Crippen molar-refractivity contribution in [3.63, 3.8) is 0 Å². The zero-order valence-corrected chi connectivity index (χ0v) is 16.4. The molecule has 0 heterocycles. The molecular weight excluding hydrogens is 304 g/mol. The Bertz CT molecular complexity index is 626. The van der Waals surface area contributed by atoms with E-state index in [4.69, 9.17) is 5.73 Å². The summed E-state index contributed by atoms with van der Waals surface area (Å²) in [7, 11) is 0. The third-order valence-corrected chi connectivity index (χ3v) is 5.03. The standard InChI is InChI=1S/C23H34N2/c1-16(2)21-10-6-19(7-11-21)14-23(24)18(5)25-15-20-8-12-22(13-9-20)17(3)4/h6-13,16-18,23,25H,14-15,24H2,1-5H3. The normalized spacial score (nSPS) is 14.1. The van der Waals surface area contributed by atoms with Gasteiger partial charge in [0.05, 0.1) is 0 Å². The molecule has 136 valence electrons. The summed E-state index contributed by atoms with van der Waals surface area (Å²) in [6, 6.07) is 18.1. The van der Waals surface area contributed by atoms with E-state index in [-0.39, 0.29) is 12.1 Å². The summed E-state index contributed by atoms with van der Waals surface area (Å²) in [5.74, 6) is 1.15. The number of hydrogen-bond acceptors (Lipinski definition) is 2. The molecule has 0 aromatic heterocycles. The Labute approximate surface area is 153 Å². The highest BCUT2D eigenvalue weighted by Gasteiger charge is 2.13. The van der Waals surface area contributed by atoms with E-state index >= 15 is 0 Å². The summed E-state index contributed by atoms with van der Waals surface area (Å²) in [6.07, 6.45) is 0.902. The summed E-state index contributed by atoms with van der Waals surface area (Å²) in [5.41, 5.74) is 11.8. The van der Waals surface area contributed by atoms with Gasteiger partial charge in [-0.1, -0.05) is 76.2 Å².